The molecule has 2 bridgehead atoms. The first-order valence-electron chi connectivity index (χ1n) is 8.21. The number of likely N-dealkylation sites (N-methyl/N-ethyl adjacent to an activating group) is 1. The number of nitrogens with one attached hydrogen (secondary N) is 1. The first-order valence-corrected chi connectivity index (χ1v) is 8.21. The van der Waals surface area contributed by atoms with Crippen LogP contribution < -0.4 is 5.32 Å². The number of benzene rings is 2. The highest BCUT2D eigenvalue weighted by molar-refractivity contribution is 5.88. The third kappa shape index (κ3) is 1.80. The number of rotatable bonds is 2. The maximum absolute atomic E-state index is 11.9. The molecule has 3 aliphatic carbocycles. The van der Waals surface area contributed by atoms with Gasteiger partial charge in [-0.2, -0.15) is 5.26 Å². The van der Waals surface area contributed by atoms with Crippen molar-refractivity contribution < 1.29 is 4.79 Å². The van der Waals surface area contributed by atoms with E-state index in [2.05, 4.69) is 47.8 Å². The summed E-state index contributed by atoms with van der Waals surface area (Å²) in [5.74, 6) is -0.0609. The summed E-state index contributed by atoms with van der Waals surface area (Å²) in [7, 11) is 1.62. The second-order valence-electron chi connectivity index (χ2n) is 6.46. The lowest BCUT2D eigenvalue weighted by Crippen LogP contribution is -2.45. The first-order chi connectivity index (χ1) is 11.7. The minimum atomic E-state index is -0.552. The minimum Gasteiger partial charge on any atom is -0.356 e. The Bertz CT molecular complexity index is 843. The summed E-state index contributed by atoms with van der Waals surface area (Å²) in [6.45, 7) is 0. The molecule has 3 heteroatoms. The van der Waals surface area contributed by atoms with Crippen LogP contribution in [0.2, 0.25) is 0 Å². The quantitative estimate of drug-likeness (QED) is 0.865. The zero-order valence-electron chi connectivity index (χ0n) is 13.5. The molecule has 0 fully saturated rings. The van der Waals surface area contributed by atoms with E-state index in [1.807, 2.05) is 18.2 Å². The molecular weight excluding hydrogens is 296 g/mol. The van der Waals surface area contributed by atoms with E-state index < -0.39 is 5.41 Å². The summed E-state index contributed by atoms with van der Waals surface area (Å²) in [5.41, 5.74) is 4.33. The van der Waals surface area contributed by atoms with Gasteiger partial charge >= 0.3 is 0 Å². The van der Waals surface area contributed by atoms with Gasteiger partial charge in [0.05, 0.1) is 17.4 Å². The predicted molar refractivity (Wildman–Crippen MR) is 92.4 cm³/mol. The van der Waals surface area contributed by atoms with Gasteiger partial charge in [0.25, 0.3) is 0 Å². The topological polar surface area (TPSA) is 52.9 Å². The lowest BCUT2D eigenvalue weighted by molar-refractivity contribution is -0.116. The van der Waals surface area contributed by atoms with E-state index in [4.69, 9.17) is 0 Å². The van der Waals surface area contributed by atoms with Crippen LogP contribution in [0.15, 0.2) is 60.7 Å². The van der Waals surface area contributed by atoms with Gasteiger partial charge in [-0.3, -0.25) is 4.79 Å². The molecule has 3 aliphatic rings. The molecule has 1 N–H and O–H groups in total. The highest BCUT2D eigenvalue weighted by atomic mass is 16.1. The van der Waals surface area contributed by atoms with Crippen LogP contribution >= 0.6 is 0 Å². The van der Waals surface area contributed by atoms with Gasteiger partial charge in [-0.1, -0.05) is 54.6 Å². The van der Waals surface area contributed by atoms with E-state index in [1.165, 1.54) is 11.1 Å². The Balaban J connectivity index is 2.05. The van der Waals surface area contributed by atoms with E-state index >= 15 is 0 Å². The molecule has 5 rings (SSSR count). The van der Waals surface area contributed by atoms with E-state index in [-0.39, 0.29) is 17.7 Å². The van der Waals surface area contributed by atoms with Gasteiger partial charge in [0.1, 0.15) is 0 Å². The van der Waals surface area contributed by atoms with E-state index in [9.17, 15) is 10.1 Å². The number of nitriles is 1. The number of hydrogen-bond acceptors (Lipinski definition) is 2. The van der Waals surface area contributed by atoms with Gasteiger partial charge in [-0.15, -0.1) is 0 Å². The zero-order chi connectivity index (χ0) is 16.7. The number of amides is 1. The molecule has 3 nitrogen and oxygen atoms in total. The second kappa shape index (κ2) is 5.35. The molecule has 2 aromatic carbocycles. The van der Waals surface area contributed by atoms with Crippen molar-refractivity contribution in [3.63, 3.8) is 0 Å². The third-order valence-corrected chi connectivity index (χ3v) is 5.48. The summed E-state index contributed by atoms with van der Waals surface area (Å²) in [6.07, 6.45) is 4.30. The van der Waals surface area contributed by atoms with Crippen LogP contribution in [-0.2, 0) is 10.2 Å². The SMILES string of the molecule is CNC(=O)/C=C/C12c3ccccc3C(CC1C#N)c1ccccc12. The monoisotopic (exact) mass is 314 g/mol. The fraction of sp³-hybridized carbons (Fsp3) is 0.238. The molecule has 1 amide bonds. The summed E-state index contributed by atoms with van der Waals surface area (Å²) < 4.78 is 0. The van der Waals surface area contributed by atoms with E-state index in [0.29, 0.717) is 0 Å². The molecule has 118 valence electrons. The fourth-order valence-electron chi connectivity index (χ4n) is 4.46. The Morgan fingerprint density at radius 1 is 1.17 bits per heavy atom. The summed E-state index contributed by atoms with van der Waals surface area (Å²) >= 11 is 0. The molecule has 1 atom stereocenters. The van der Waals surface area contributed by atoms with Crippen LogP contribution in [0.25, 0.3) is 0 Å². The number of allylic oxidation sites excluding steroid dienone is 1. The van der Waals surface area contributed by atoms with Crippen molar-refractivity contribution in [1.29, 1.82) is 5.26 Å². The van der Waals surface area contributed by atoms with E-state index in [1.54, 1.807) is 13.1 Å². The number of hydrogen-bond donors (Lipinski definition) is 1. The maximum atomic E-state index is 11.9. The number of nitrogens with zero attached hydrogens (tertiary/aromatic N) is 1. The second-order valence-corrected chi connectivity index (χ2v) is 6.46. The van der Waals surface area contributed by atoms with Crippen LogP contribution in [0.4, 0.5) is 0 Å². The Morgan fingerprint density at radius 2 is 1.75 bits per heavy atom. The van der Waals surface area contributed by atoms with Gasteiger partial charge in [-0.05, 0) is 28.7 Å². The predicted octanol–water partition coefficient (Wildman–Crippen LogP) is 3.26. The zero-order valence-corrected chi connectivity index (χ0v) is 13.5. The maximum Gasteiger partial charge on any atom is 0.243 e. The Kier molecular flexibility index (Phi) is 3.28. The van der Waals surface area contributed by atoms with Crippen molar-refractivity contribution in [2.24, 2.45) is 5.92 Å². The Morgan fingerprint density at radius 3 is 2.29 bits per heavy atom. The lowest BCUT2D eigenvalue weighted by atomic mass is 9.51. The largest absolute Gasteiger partial charge is 0.356 e. The number of carbonyl (C=O) groups excluding carboxylic acids is 1. The molecular formula is C21H18N2O. The first kappa shape index (κ1) is 14.7. The lowest BCUT2D eigenvalue weighted by Gasteiger charge is -2.50. The van der Waals surface area contributed by atoms with Gasteiger partial charge in [0.15, 0.2) is 0 Å². The average molecular weight is 314 g/mol. The Labute approximate surface area is 141 Å². The van der Waals surface area contributed by atoms with Crippen LogP contribution in [-0.4, -0.2) is 13.0 Å². The highest BCUT2D eigenvalue weighted by Gasteiger charge is 2.53. The average Bonchev–Trinajstić information content (AvgIpc) is 2.66. The summed E-state index contributed by atoms with van der Waals surface area (Å²) in [4.78, 5) is 11.9. The van der Waals surface area contributed by atoms with Crippen molar-refractivity contribution in [1.82, 2.24) is 5.32 Å². The smallest absolute Gasteiger partial charge is 0.243 e. The summed E-state index contributed by atoms with van der Waals surface area (Å²) in [6, 6.07) is 19.2. The van der Waals surface area contributed by atoms with Crippen molar-refractivity contribution in [3.8, 4) is 6.07 Å². The molecule has 0 saturated heterocycles. The van der Waals surface area contributed by atoms with Gasteiger partial charge in [0, 0.05) is 19.0 Å². The van der Waals surface area contributed by atoms with Crippen molar-refractivity contribution >= 4 is 5.91 Å². The minimum absolute atomic E-state index is 0.149. The molecule has 1 unspecified atom stereocenters. The molecule has 0 heterocycles. The molecule has 0 radical (unpaired) electrons. The molecule has 2 aromatic rings. The van der Waals surface area contributed by atoms with Gasteiger partial charge in [0.2, 0.25) is 5.91 Å². The molecule has 24 heavy (non-hydrogen) atoms. The number of carbonyl (C=O) groups is 1. The summed E-state index contributed by atoms with van der Waals surface area (Å²) in [5, 5.41) is 12.5. The normalized spacial score (nSPS) is 26.5. The molecule has 0 spiro atoms. The van der Waals surface area contributed by atoms with Crippen LogP contribution in [0.1, 0.15) is 34.6 Å². The number of fused-ring (bicyclic) bond motifs is 1. The van der Waals surface area contributed by atoms with Gasteiger partial charge < -0.3 is 5.32 Å². The highest BCUT2D eigenvalue weighted by Crippen LogP contribution is 2.59. The van der Waals surface area contributed by atoms with E-state index in [0.717, 1.165) is 17.5 Å². The van der Waals surface area contributed by atoms with Crippen molar-refractivity contribution in [3.05, 3.63) is 82.9 Å². The van der Waals surface area contributed by atoms with Crippen molar-refractivity contribution in [2.45, 2.75) is 17.8 Å². The van der Waals surface area contributed by atoms with Gasteiger partial charge in [-0.25, -0.2) is 0 Å². The third-order valence-electron chi connectivity index (χ3n) is 5.48. The van der Waals surface area contributed by atoms with Crippen LogP contribution in [0, 0.1) is 17.2 Å². The standard InChI is InChI=1S/C21H18N2O/c1-23-20(24)10-11-21-14(13-22)12-17(15-6-2-4-8-18(15)21)16-7-3-5-9-19(16)21/h2-11,14,17H,12H2,1H3,(H,23,24)/b11-10+. The molecule has 0 saturated carbocycles. The fourth-order valence-corrected chi connectivity index (χ4v) is 4.46. The molecule has 0 aromatic heterocycles. The van der Waals surface area contributed by atoms with Crippen LogP contribution in [0.5, 0.6) is 0 Å². The van der Waals surface area contributed by atoms with Crippen molar-refractivity contribution in [2.75, 3.05) is 7.05 Å². The molecule has 0 aliphatic heterocycles. The van der Waals surface area contributed by atoms with Crippen LogP contribution in [0.3, 0.4) is 0 Å². The Hall–Kier alpha value is -2.86.